The molecule has 0 spiro atoms. The molecular weight excluding hydrogens is 478 g/mol. The normalized spacial score (nSPS) is 12.0. The van der Waals surface area contributed by atoms with Crippen molar-refractivity contribution in [2.45, 2.75) is 13.8 Å². The minimum absolute atomic E-state index is 0.0107. The number of anilines is 3. The first kappa shape index (κ1) is 24.4. The number of carbonyl (C=O) groups excluding carboxylic acids is 1. The van der Waals surface area contributed by atoms with Gasteiger partial charge in [-0.3, -0.25) is 4.79 Å². The predicted octanol–water partition coefficient (Wildman–Crippen LogP) is 9.58. The Hall–Kier alpha value is -4.89. The minimum atomic E-state index is -0.0107. The van der Waals surface area contributed by atoms with Crippen LogP contribution in [0.4, 0.5) is 17.1 Å². The van der Waals surface area contributed by atoms with Gasteiger partial charge in [0, 0.05) is 16.5 Å². The van der Waals surface area contributed by atoms with Crippen LogP contribution in [0.2, 0.25) is 0 Å². The maximum Gasteiger partial charge on any atom is 0.163 e. The van der Waals surface area contributed by atoms with Crippen molar-refractivity contribution in [3.05, 3.63) is 133 Å². The van der Waals surface area contributed by atoms with Gasteiger partial charge in [0.1, 0.15) is 5.76 Å². The van der Waals surface area contributed by atoms with Gasteiger partial charge >= 0.3 is 0 Å². The SMILES string of the molecule is CO/C(C)=C(\C(C)=O)c1ccc2cc(N(c3cccc4ccccc34)c3cccc4ccccc34)ccc2c1. The molecule has 0 amide bonds. The van der Waals surface area contributed by atoms with E-state index in [0.29, 0.717) is 11.3 Å². The Morgan fingerprint density at radius 2 is 1.13 bits per heavy atom. The molecule has 6 aromatic rings. The lowest BCUT2D eigenvalue weighted by Crippen LogP contribution is -2.11. The number of hydrogen-bond acceptors (Lipinski definition) is 3. The average Bonchev–Trinajstić information content (AvgIpc) is 2.97. The second kappa shape index (κ2) is 10.1. The molecule has 0 unspecified atom stereocenters. The van der Waals surface area contributed by atoms with Gasteiger partial charge in [-0.1, -0.05) is 91.0 Å². The lowest BCUT2D eigenvalue weighted by molar-refractivity contribution is -0.111. The summed E-state index contributed by atoms with van der Waals surface area (Å²) in [7, 11) is 1.60. The van der Waals surface area contributed by atoms with Gasteiger partial charge in [-0.2, -0.15) is 0 Å². The zero-order valence-corrected chi connectivity index (χ0v) is 22.3. The van der Waals surface area contributed by atoms with Crippen molar-refractivity contribution in [3.8, 4) is 0 Å². The summed E-state index contributed by atoms with van der Waals surface area (Å²) in [5.74, 6) is 0.611. The predicted molar refractivity (Wildman–Crippen MR) is 164 cm³/mol. The standard InChI is InChI=1S/C36H29NO2/c1-24(38)36(25(2)39-3)30-19-18-29-23-31(21-20-28(29)22-30)37(34-16-8-12-26-10-4-6-14-32(26)34)35-17-9-13-27-11-5-7-15-33(27)35/h4-23H,1-3H3/b36-25+. The van der Waals surface area contributed by atoms with Crippen LogP contribution in [0.3, 0.4) is 0 Å². The molecular formula is C36H29NO2. The molecule has 0 aromatic heterocycles. The minimum Gasteiger partial charge on any atom is -0.501 e. The van der Waals surface area contributed by atoms with E-state index in [-0.39, 0.29) is 5.78 Å². The van der Waals surface area contributed by atoms with E-state index in [2.05, 4.69) is 120 Å². The number of ether oxygens (including phenoxy) is 1. The van der Waals surface area contributed by atoms with Crippen LogP contribution in [-0.4, -0.2) is 12.9 Å². The van der Waals surface area contributed by atoms with Crippen molar-refractivity contribution in [2.75, 3.05) is 12.0 Å². The van der Waals surface area contributed by atoms with E-state index in [4.69, 9.17) is 4.74 Å². The summed E-state index contributed by atoms with van der Waals surface area (Å²) in [6, 6.07) is 42.7. The number of rotatable bonds is 6. The number of Topliss-reactive ketones (excluding diaryl/α,β-unsaturated/α-hetero) is 1. The van der Waals surface area contributed by atoms with Crippen molar-refractivity contribution < 1.29 is 9.53 Å². The second-order valence-corrected chi connectivity index (χ2v) is 9.77. The monoisotopic (exact) mass is 507 g/mol. The molecule has 190 valence electrons. The highest BCUT2D eigenvalue weighted by molar-refractivity contribution is 6.20. The molecule has 0 aliphatic rings. The van der Waals surface area contributed by atoms with E-state index >= 15 is 0 Å². The smallest absolute Gasteiger partial charge is 0.163 e. The molecule has 0 bridgehead atoms. The number of methoxy groups -OCH3 is 1. The van der Waals surface area contributed by atoms with Gasteiger partial charge in [0.2, 0.25) is 0 Å². The van der Waals surface area contributed by atoms with Crippen molar-refractivity contribution in [1.82, 2.24) is 0 Å². The summed E-state index contributed by atoms with van der Waals surface area (Å²) in [5, 5.41) is 6.93. The fourth-order valence-corrected chi connectivity index (χ4v) is 5.50. The number of ketones is 1. The van der Waals surface area contributed by atoms with Crippen LogP contribution < -0.4 is 4.90 Å². The second-order valence-electron chi connectivity index (χ2n) is 9.77. The molecule has 3 nitrogen and oxygen atoms in total. The molecule has 6 rings (SSSR count). The van der Waals surface area contributed by atoms with Crippen LogP contribution in [-0.2, 0) is 9.53 Å². The molecule has 0 atom stereocenters. The first-order valence-electron chi connectivity index (χ1n) is 13.1. The fourth-order valence-electron chi connectivity index (χ4n) is 5.50. The average molecular weight is 508 g/mol. The van der Waals surface area contributed by atoms with E-state index in [1.807, 2.05) is 13.0 Å². The van der Waals surface area contributed by atoms with Gasteiger partial charge in [-0.15, -0.1) is 0 Å². The zero-order chi connectivity index (χ0) is 26.9. The molecule has 0 N–H and O–H groups in total. The number of fused-ring (bicyclic) bond motifs is 3. The summed E-state index contributed by atoms with van der Waals surface area (Å²) in [5.41, 5.74) is 4.79. The van der Waals surface area contributed by atoms with Gasteiger partial charge in [-0.25, -0.2) is 0 Å². The summed E-state index contributed by atoms with van der Waals surface area (Å²) < 4.78 is 5.41. The third-order valence-electron chi connectivity index (χ3n) is 7.40. The molecule has 0 fully saturated rings. The van der Waals surface area contributed by atoms with Crippen molar-refractivity contribution >= 4 is 60.7 Å². The van der Waals surface area contributed by atoms with Crippen LogP contribution >= 0.6 is 0 Å². The van der Waals surface area contributed by atoms with E-state index in [9.17, 15) is 4.79 Å². The Kier molecular flexibility index (Phi) is 6.34. The first-order valence-corrected chi connectivity index (χ1v) is 13.1. The third-order valence-corrected chi connectivity index (χ3v) is 7.40. The highest BCUT2D eigenvalue weighted by Crippen LogP contribution is 2.42. The van der Waals surface area contributed by atoms with E-state index in [1.54, 1.807) is 14.0 Å². The lowest BCUT2D eigenvalue weighted by atomic mass is 9.97. The maximum absolute atomic E-state index is 12.4. The fraction of sp³-hybridized carbons (Fsp3) is 0.0833. The van der Waals surface area contributed by atoms with Crippen molar-refractivity contribution in [2.24, 2.45) is 0 Å². The van der Waals surface area contributed by atoms with Crippen LogP contribution in [0.5, 0.6) is 0 Å². The van der Waals surface area contributed by atoms with E-state index in [0.717, 1.165) is 33.4 Å². The third kappa shape index (κ3) is 4.42. The number of allylic oxidation sites excluding steroid dienone is 2. The Labute approximate surface area is 228 Å². The first-order chi connectivity index (χ1) is 19.0. The topological polar surface area (TPSA) is 29.5 Å². The number of hydrogen-bond donors (Lipinski definition) is 0. The summed E-state index contributed by atoms with van der Waals surface area (Å²) >= 11 is 0. The number of benzene rings is 6. The van der Waals surface area contributed by atoms with Gasteiger partial charge < -0.3 is 9.64 Å². The van der Waals surface area contributed by atoms with Crippen LogP contribution in [0, 0.1) is 0 Å². The highest BCUT2D eigenvalue weighted by atomic mass is 16.5. The molecule has 0 aliphatic heterocycles. The largest absolute Gasteiger partial charge is 0.501 e. The van der Waals surface area contributed by atoms with Crippen molar-refractivity contribution in [1.29, 1.82) is 0 Å². The highest BCUT2D eigenvalue weighted by Gasteiger charge is 2.18. The molecule has 39 heavy (non-hydrogen) atoms. The van der Waals surface area contributed by atoms with Crippen LogP contribution in [0.15, 0.2) is 127 Å². The Morgan fingerprint density at radius 1 is 0.590 bits per heavy atom. The quantitative estimate of drug-likeness (QED) is 0.166. The van der Waals surface area contributed by atoms with Gasteiger partial charge in [0.25, 0.3) is 0 Å². The number of carbonyl (C=O) groups is 1. The Bertz CT molecular complexity index is 1810. The van der Waals surface area contributed by atoms with Crippen LogP contribution in [0.1, 0.15) is 19.4 Å². The number of nitrogens with zero attached hydrogens (tertiary/aromatic N) is 1. The Balaban J connectivity index is 1.58. The van der Waals surface area contributed by atoms with Gasteiger partial charge in [-0.05, 0) is 71.3 Å². The summed E-state index contributed by atoms with van der Waals surface area (Å²) in [4.78, 5) is 14.8. The molecule has 0 heterocycles. The molecule has 0 saturated carbocycles. The van der Waals surface area contributed by atoms with E-state index < -0.39 is 0 Å². The molecule has 0 radical (unpaired) electrons. The maximum atomic E-state index is 12.4. The van der Waals surface area contributed by atoms with Gasteiger partial charge in [0.15, 0.2) is 5.78 Å². The summed E-state index contributed by atoms with van der Waals surface area (Å²) in [6.07, 6.45) is 0. The lowest BCUT2D eigenvalue weighted by Gasteiger charge is -2.28. The Morgan fingerprint density at radius 3 is 1.72 bits per heavy atom. The molecule has 3 heteroatoms. The van der Waals surface area contributed by atoms with E-state index in [1.165, 1.54) is 21.5 Å². The van der Waals surface area contributed by atoms with Crippen LogP contribution in [0.25, 0.3) is 37.9 Å². The molecule has 6 aromatic carbocycles. The summed E-state index contributed by atoms with van der Waals surface area (Å²) in [6.45, 7) is 3.41. The molecule has 0 saturated heterocycles. The van der Waals surface area contributed by atoms with Crippen molar-refractivity contribution in [3.63, 3.8) is 0 Å². The zero-order valence-electron chi connectivity index (χ0n) is 22.3. The van der Waals surface area contributed by atoms with Gasteiger partial charge in [0.05, 0.1) is 24.1 Å². The molecule has 0 aliphatic carbocycles.